The van der Waals surface area contributed by atoms with E-state index in [4.69, 9.17) is 9.47 Å². The van der Waals surface area contributed by atoms with Crippen LogP contribution in [-0.2, 0) is 4.74 Å². The Morgan fingerprint density at radius 2 is 1.89 bits per heavy atom. The molecule has 0 N–H and O–H groups in total. The molecule has 1 aliphatic heterocycles. The van der Waals surface area contributed by atoms with Gasteiger partial charge in [-0.15, -0.1) is 5.46 Å². The molecule has 1 aromatic rings. The summed E-state index contributed by atoms with van der Waals surface area (Å²) in [4.78, 5) is 0. The Morgan fingerprint density at radius 1 is 1.21 bits per heavy atom. The van der Waals surface area contributed by atoms with E-state index in [-0.39, 0.29) is 57.5 Å². The van der Waals surface area contributed by atoms with E-state index in [9.17, 15) is 12.9 Å². The fraction of sp³-hybridized carbons (Fsp3) is 0.500. The van der Waals surface area contributed by atoms with Crippen molar-refractivity contribution in [1.29, 1.82) is 0 Å². The van der Waals surface area contributed by atoms with E-state index >= 15 is 0 Å². The van der Waals surface area contributed by atoms with Crippen molar-refractivity contribution >= 4 is 12.4 Å². The van der Waals surface area contributed by atoms with E-state index < -0.39 is 12.4 Å². The minimum Gasteiger partial charge on any atom is -0.494 e. The van der Waals surface area contributed by atoms with Crippen LogP contribution in [0.1, 0.15) is 19.3 Å². The Bertz CT molecular complexity index is 378. The van der Waals surface area contributed by atoms with Crippen molar-refractivity contribution in [2.24, 2.45) is 0 Å². The summed E-state index contributed by atoms with van der Waals surface area (Å²) < 4.78 is 48.0. The summed E-state index contributed by atoms with van der Waals surface area (Å²) >= 11 is 0. The van der Waals surface area contributed by atoms with Gasteiger partial charge in [0.1, 0.15) is 5.75 Å². The molecule has 0 radical (unpaired) electrons. The van der Waals surface area contributed by atoms with E-state index in [0.717, 1.165) is 38.0 Å². The maximum absolute atomic E-state index is 12.4. The van der Waals surface area contributed by atoms with Crippen LogP contribution in [0.3, 0.4) is 0 Å². The average molecular weight is 298 g/mol. The maximum atomic E-state index is 12.4. The average Bonchev–Trinajstić information content (AvgIpc) is 2.82. The van der Waals surface area contributed by atoms with Crippen LogP contribution in [0.25, 0.3) is 0 Å². The Labute approximate surface area is 153 Å². The second-order valence-corrected chi connectivity index (χ2v) is 4.42. The molecule has 0 aromatic heterocycles. The summed E-state index contributed by atoms with van der Waals surface area (Å²) in [5, 5.41) is 0. The molecule has 1 saturated heterocycles. The van der Waals surface area contributed by atoms with E-state index in [0.29, 0.717) is 12.4 Å². The van der Waals surface area contributed by atoms with Crippen LogP contribution < -0.4 is 61.6 Å². The Kier molecular flexibility index (Phi) is 7.42. The van der Waals surface area contributed by atoms with Crippen molar-refractivity contribution in [2.45, 2.75) is 25.4 Å². The van der Waals surface area contributed by atoms with Gasteiger partial charge in [-0.1, -0.05) is 12.1 Å². The van der Waals surface area contributed by atoms with Gasteiger partial charge in [-0.25, -0.2) is 0 Å². The Hall–Kier alpha value is 0.471. The molecular formula is C12H15BF3KO2. The van der Waals surface area contributed by atoms with E-state index in [1.807, 2.05) is 0 Å². The predicted molar refractivity (Wildman–Crippen MR) is 64.2 cm³/mol. The minimum atomic E-state index is -4.92. The van der Waals surface area contributed by atoms with Gasteiger partial charge in [0.2, 0.25) is 0 Å². The molecular weight excluding hydrogens is 283 g/mol. The molecule has 0 bridgehead atoms. The van der Waals surface area contributed by atoms with Gasteiger partial charge in [-0.3, -0.25) is 0 Å². The maximum Gasteiger partial charge on any atom is 1.00 e. The fourth-order valence-corrected chi connectivity index (χ4v) is 1.96. The van der Waals surface area contributed by atoms with Gasteiger partial charge in [-0.05, 0) is 25.0 Å². The number of halogens is 3. The Balaban J connectivity index is 0.00000180. The summed E-state index contributed by atoms with van der Waals surface area (Å²) in [7, 11) is 0. The van der Waals surface area contributed by atoms with E-state index in [1.165, 1.54) is 12.1 Å². The molecule has 0 spiro atoms. The fourth-order valence-electron chi connectivity index (χ4n) is 1.96. The van der Waals surface area contributed by atoms with Crippen LogP contribution in [0, 0.1) is 0 Å². The van der Waals surface area contributed by atoms with Crippen molar-refractivity contribution in [3.63, 3.8) is 0 Å². The van der Waals surface area contributed by atoms with Crippen LogP contribution in [0.4, 0.5) is 12.9 Å². The third-order valence-electron chi connectivity index (χ3n) is 2.99. The summed E-state index contributed by atoms with van der Waals surface area (Å²) in [5.74, 6) is 0.469. The summed E-state index contributed by atoms with van der Waals surface area (Å²) in [5.41, 5.74) is -0.596. The molecule has 1 heterocycles. The number of benzene rings is 1. The van der Waals surface area contributed by atoms with Crippen molar-refractivity contribution in [2.75, 3.05) is 13.2 Å². The van der Waals surface area contributed by atoms with Crippen molar-refractivity contribution in [1.82, 2.24) is 0 Å². The molecule has 0 amide bonds. The van der Waals surface area contributed by atoms with Gasteiger partial charge in [0, 0.05) is 13.0 Å². The van der Waals surface area contributed by atoms with Gasteiger partial charge in [-0.2, -0.15) is 0 Å². The van der Waals surface area contributed by atoms with Gasteiger partial charge in [0.15, 0.2) is 0 Å². The largest absolute Gasteiger partial charge is 1.00 e. The van der Waals surface area contributed by atoms with Crippen molar-refractivity contribution in [3.05, 3.63) is 24.3 Å². The zero-order valence-electron chi connectivity index (χ0n) is 11.0. The molecule has 2 nitrogen and oxygen atoms in total. The van der Waals surface area contributed by atoms with Crippen LogP contribution in [0.15, 0.2) is 24.3 Å². The SMILES string of the molecule is F[B-](F)(F)c1ccc(OCCC2CCCO2)cc1.[K+]. The smallest absolute Gasteiger partial charge is 0.494 e. The van der Waals surface area contributed by atoms with Crippen LogP contribution in [0.5, 0.6) is 5.75 Å². The summed E-state index contributed by atoms with van der Waals surface area (Å²) in [6, 6.07) is 4.84. The monoisotopic (exact) mass is 298 g/mol. The van der Waals surface area contributed by atoms with Crippen LogP contribution in [0.2, 0.25) is 0 Å². The number of ether oxygens (including phenoxy) is 2. The number of hydrogen-bond donors (Lipinski definition) is 0. The zero-order chi connectivity index (χ0) is 13.0. The normalized spacial score (nSPS) is 19.0. The predicted octanol–water partition coefficient (Wildman–Crippen LogP) is -0.307. The van der Waals surface area contributed by atoms with Gasteiger partial charge >= 0.3 is 58.4 Å². The first-order valence-corrected chi connectivity index (χ1v) is 6.10. The molecule has 0 aliphatic carbocycles. The summed E-state index contributed by atoms with van der Waals surface area (Å²) in [6.45, 7) is -3.65. The van der Waals surface area contributed by atoms with Gasteiger partial charge in [0.05, 0.1) is 12.7 Å². The first kappa shape index (κ1) is 17.5. The van der Waals surface area contributed by atoms with E-state index in [1.54, 1.807) is 0 Å². The number of rotatable bonds is 5. The first-order valence-electron chi connectivity index (χ1n) is 6.10. The van der Waals surface area contributed by atoms with Crippen LogP contribution in [-0.4, -0.2) is 26.3 Å². The molecule has 1 aromatic carbocycles. The molecule has 0 saturated carbocycles. The van der Waals surface area contributed by atoms with Crippen molar-refractivity contribution in [3.8, 4) is 5.75 Å². The second-order valence-electron chi connectivity index (χ2n) is 4.42. The quantitative estimate of drug-likeness (QED) is 0.695. The molecule has 2 rings (SSSR count). The first-order chi connectivity index (χ1) is 8.55. The third kappa shape index (κ3) is 5.77. The standard InChI is InChI=1S/C12H15BF3O2.K/c14-13(15,16)10-3-5-12(6-4-10)18-9-7-11-2-1-8-17-11;/h3-6,11H,1-2,7-9H2;/q-1;+1. The molecule has 1 aliphatic rings. The molecule has 19 heavy (non-hydrogen) atoms. The van der Waals surface area contributed by atoms with E-state index in [2.05, 4.69) is 0 Å². The minimum absolute atomic E-state index is 0. The third-order valence-corrected chi connectivity index (χ3v) is 2.99. The van der Waals surface area contributed by atoms with Gasteiger partial charge < -0.3 is 22.4 Å². The van der Waals surface area contributed by atoms with Crippen LogP contribution >= 0.6 is 0 Å². The Morgan fingerprint density at radius 3 is 2.42 bits per heavy atom. The number of hydrogen-bond acceptors (Lipinski definition) is 2. The molecule has 1 fully saturated rings. The molecule has 7 heteroatoms. The zero-order valence-corrected chi connectivity index (χ0v) is 14.1. The molecule has 1 unspecified atom stereocenters. The molecule has 1 atom stereocenters. The van der Waals surface area contributed by atoms with Crippen molar-refractivity contribution < 1.29 is 73.8 Å². The molecule has 100 valence electrons. The second kappa shape index (κ2) is 8.05. The topological polar surface area (TPSA) is 18.5 Å². The van der Waals surface area contributed by atoms with Gasteiger partial charge in [0.25, 0.3) is 0 Å². The summed E-state index contributed by atoms with van der Waals surface area (Å²) in [6.07, 6.45) is 3.14.